The van der Waals surface area contributed by atoms with Crippen molar-refractivity contribution < 1.29 is 19.4 Å². The van der Waals surface area contributed by atoms with Crippen LogP contribution in [0.15, 0.2) is 36.4 Å². The fraction of sp³-hybridized carbons (Fsp3) is 0.278. The van der Waals surface area contributed by atoms with Gasteiger partial charge in [-0.25, -0.2) is 4.79 Å². The molecule has 0 aliphatic heterocycles. The van der Waals surface area contributed by atoms with E-state index < -0.39 is 12.1 Å². The molecule has 122 valence electrons. The summed E-state index contributed by atoms with van der Waals surface area (Å²) in [6.07, 6.45) is -0.771. The predicted molar refractivity (Wildman–Crippen MR) is 89.7 cm³/mol. The summed E-state index contributed by atoms with van der Waals surface area (Å²) in [7, 11) is 1.53. The first-order valence-corrected chi connectivity index (χ1v) is 7.57. The third-order valence-electron chi connectivity index (χ3n) is 3.39. The average molecular weight is 335 g/mol. The highest BCUT2D eigenvalue weighted by atomic mass is 35.5. The van der Waals surface area contributed by atoms with Gasteiger partial charge in [-0.15, -0.1) is 0 Å². The molecule has 5 heteroatoms. The Kier molecular flexibility index (Phi) is 5.50. The lowest BCUT2D eigenvalue weighted by Crippen LogP contribution is -2.29. The van der Waals surface area contributed by atoms with Crippen molar-refractivity contribution in [2.75, 3.05) is 7.11 Å². The lowest BCUT2D eigenvalue weighted by Gasteiger charge is -2.16. The molecule has 1 N–H and O–H groups in total. The molecule has 0 aliphatic carbocycles. The third-order valence-corrected chi connectivity index (χ3v) is 3.68. The van der Waals surface area contributed by atoms with E-state index in [9.17, 15) is 9.90 Å². The maximum atomic E-state index is 11.5. The first kappa shape index (κ1) is 17.2. The number of hydrogen-bond donors (Lipinski definition) is 1. The number of carboxylic acids is 1. The maximum Gasteiger partial charge on any atom is 0.345 e. The largest absolute Gasteiger partial charge is 0.495 e. The Hall–Kier alpha value is -2.20. The first-order chi connectivity index (χ1) is 10.9. The molecule has 1 unspecified atom stereocenters. The lowest BCUT2D eigenvalue weighted by atomic mass is 10.1. The van der Waals surface area contributed by atoms with Crippen molar-refractivity contribution >= 4 is 17.6 Å². The fourth-order valence-electron chi connectivity index (χ4n) is 2.40. The van der Waals surface area contributed by atoms with Gasteiger partial charge in [0.1, 0.15) is 11.5 Å². The summed E-state index contributed by atoms with van der Waals surface area (Å²) in [5, 5.41) is 9.87. The van der Waals surface area contributed by atoms with Crippen molar-refractivity contribution in [1.82, 2.24) is 0 Å². The second-order valence-corrected chi connectivity index (χ2v) is 5.85. The summed E-state index contributed by atoms with van der Waals surface area (Å²) >= 11 is 6.08. The van der Waals surface area contributed by atoms with Gasteiger partial charge in [0, 0.05) is 6.42 Å². The lowest BCUT2D eigenvalue weighted by molar-refractivity contribution is -0.145. The Balaban J connectivity index is 2.18. The molecule has 0 aliphatic rings. The zero-order valence-electron chi connectivity index (χ0n) is 13.3. The first-order valence-electron chi connectivity index (χ1n) is 7.19. The van der Waals surface area contributed by atoms with Crippen molar-refractivity contribution in [3.63, 3.8) is 0 Å². The van der Waals surface area contributed by atoms with Gasteiger partial charge in [-0.05, 0) is 54.8 Å². The molecule has 0 amide bonds. The number of aryl methyl sites for hydroxylation is 2. The van der Waals surface area contributed by atoms with Gasteiger partial charge in [0.2, 0.25) is 0 Å². The minimum Gasteiger partial charge on any atom is -0.495 e. The number of benzene rings is 2. The zero-order valence-corrected chi connectivity index (χ0v) is 14.1. The van der Waals surface area contributed by atoms with Crippen LogP contribution in [0.4, 0.5) is 0 Å². The topological polar surface area (TPSA) is 55.8 Å². The average Bonchev–Trinajstić information content (AvgIpc) is 2.45. The van der Waals surface area contributed by atoms with E-state index in [1.54, 1.807) is 18.2 Å². The van der Waals surface area contributed by atoms with Crippen LogP contribution in [-0.2, 0) is 11.2 Å². The normalized spacial score (nSPS) is 11.8. The molecular formula is C18H19ClO4. The van der Waals surface area contributed by atoms with Crippen LogP contribution in [-0.4, -0.2) is 24.3 Å². The van der Waals surface area contributed by atoms with E-state index in [4.69, 9.17) is 21.1 Å². The Labute approximate surface area is 140 Å². The molecule has 2 aromatic rings. The van der Waals surface area contributed by atoms with Gasteiger partial charge >= 0.3 is 5.97 Å². The molecule has 2 rings (SSSR count). The Morgan fingerprint density at radius 3 is 2.35 bits per heavy atom. The van der Waals surface area contributed by atoms with Gasteiger partial charge in [0.25, 0.3) is 0 Å². The molecule has 0 aromatic heterocycles. The number of carbonyl (C=O) groups is 1. The fourth-order valence-corrected chi connectivity index (χ4v) is 2.68. The number of hydrogen-bond acceptors (Lipinski definition) is 3. The number of carboxylic acid groups (broad SMARTS) is 1. The highest BCUT2D eigenvalue weighted by Gasteiger charge is 2.21. The van der Waals surface area contributed by atoms with Crippen molar-refractivity contribution in [2.24, 2.45) is 0 Å². The highest BCUT2D eigenvalue weighted by Crippen LogP contribution is 2.26. The van der Waals surface area contributed by atoms with Crippen LogP contribution in [0.25, 0.3) is 0 Å². The van der Waals surface area contributed by atoms with E-state index in [0.29, 0.717) is 16.5 Å². The monoisotopic (exact) mass is 334 g/mol. The zero-order chi connectivity index (χ0) is 17.0. The van der Waals surface area contributed by atoms with Crippen LogP contribution in [0.2, 0.25) is 5.02 Å². The quantitative estimate of drug-likeness (QED) is 0.866. The van der Waals surface area contributed by atoms with Crippen LogP contribution >= 0.6 is 11.6 Å². The molecule has 0 saturated heterocycles. The molecule has 23 heavy (non-hydrogen) atoms. The van der Waals surface area contributed by atoms with E-state index in [-0.39, 0.29) is 6.42 Å². The smallest absolute Gasteiger partial charge is 0.345 e. The van der Waals surface area contributed by atoms with Crippen LogP contribution in [0.5, 0.6) is 11.5 Å². The van der Waals surface area contributed by atoms with Crippen LogP contribution < -0.4 is 9.47 Å². The molecule has 0 radical (unpaired) electrons. The Bertz CT molecular complexity index is 692. The summed E-state index contributed by atoms with van der Waals surface area (Å²) in [4.78, 5) is 11.5. The molecule has 0 spiro atoms. The Morgan fingerprint density at radius 1 is 1.17 bits per heavy atom. The van der Waals surface area contributed by atoms with E-state index >= 15 is 0 Å². The number of aliphatic carboxylic acids is 1. The van der Waals surface area contributed by atoms with E-state index in [1.807, 2.05) is 32.0 Å². The van der Waals surface area contributed by atoms with Crippen LogP contribution in [0.1, 0.15) is 16.7 Å². The summed E-state index contributed by atoms with van der Waals surface area (Å²) < 4.78 is 10.8. The summed E-state index contributed by atoms with van der Waals surface area (Å²) in [5.41, 5.74) is 2.82. The van der Waals surface area contributed by atoms with Crippen molar-refractivity contribution in [2.45, 2.75) is 26.4 Å². The second kappa shape index (κ2) is 7.38. The van der Waals surface area contributed by atoms with Gasteiger partial charge in [0.15, 0.2) is 6.10 Å². The predicted octanol–water partition coefficient (Wildman–Crippen LogP) is 4.04. The SMILES string of the molecule is COc1ccc(CC(Oc2cc(C)cc(C)c2)C(=O)O)cc1Cl. The minimum atomic E-state index is -1.02. The maximum absolute atomic E-state index is 11.5. The highest BCUT2D eigenvalue weighted by molar-refractivity contribution is 6.32. The molecule has 0 fully saturated rings. The standard InChI is InChI=1S/C18H19ClO4/c1-11-6-12(2)8-14(7-11)23-17(18(20)21)10-13-4-5-16(22-3)15(19)9-13/h4-9,17H,10H2,1-3H3,(H,20,21). The number of methoxy groups -OCH3 is 1. The van der Waals surface area contributed by atoms with E-state index in [0.717, 1.165) is 16.7 Å². The van der Waals surface area contributed by atoms with Gasteiger partial charge in [0.05, 0.1) is 12.1 Å². The third kappa shape index (κ3) is 4.63. The second-order valence-electron chi connectivity index (χ2n) is 5.44. The summed E-state index contributed by atoms with van der Waals surface area (Å²) in [5.74, 6) is 0.0862. The Morgan fingerprint density at radius 2 is 1.83 bits per heavy atom. The molecule has 0 heterocycles. The molecule has 2 aromatic carbocycles. The number of ether oxygens (including phenoxy) is 2. The van der Waals surface area contributed by atoms with E-state index in [1.165, 1.54) is 7.11 Å². The summed E-state index contributed by atoms with van der Waals surface area (Å²) in [6, 6.07) is 10.8. The van der Waals surface area contributed by atoms with Gasteiger partial charge in [-0.2, -0.15) is 0 Å². The van der Waals surface area contributed by atoms with Gasteiger partial charge in [-0.1, -0.05) is 23.7 Å². The summed E-state index contributed by atoms with van der Waals surface area (Å²) in [6.45, 7) is 3.89. The minimum absolute atomic E-state index is 0.214. The number of rotatable bonds is 6. The molecular weight excluding hydrogens is 316 g/mol. The van der Waals surface area contributed by atoms with E-state index in [2.05, 4.69) is 0 Å². The molecule has 4 nitrogen and oxygen atoms in total. The van der Waals surface area contributed by atoms with Gasteiger partial charge < -0.3 is 14.6 Å². The van der Waals surface area contributed by atoms with Crippen molar-refractivity contribution in [3.8, 4) is 11.5 Å². The molecule has 1 atom stereocenters. The molecule has 0 saturated carbocycles. The van der Waals surface area contributed by atoms with Crippen molar-refractivity contribution in [3.05, 3.63) is 58.1 Å². The van der Waals surface area contributed by atoms with Crippen LogP contribution in [0, 0.1) is 13.8 Å². The van der Waals surface area contributed by atoms with Crippen molar-refractivity contribution in [1.29, 1.82) is 0 Å². The molecule has 0 bridgehead atoms. The van der Waals surface area contributed by atoms with Gasteiger partial charge in [-0.3, -0.25) is 0 Å². The van der Waals surface area contributed by atoms with Crippen LogP contribution in [0.3, 0.4) is 0 Å². The number of halogens is 1.